The molecule has 96 valence electrons. The van der Waals surface area contributed by atoms with Crippen molar-refractivity contribution in [1.29, 1.82) is 5.26 Å². The second-order valence-electron chi connectivity index (χ2n) is 5.05. The van der Waals surface area contributed by atoms with Crippen molar-refractivity contribution >= 4 is 11.4 Å². The zero-order valence-electron chi connectivity index (χ0n) is 11.1. The van der Waals surface area contributed by atoms with Crippen LogP contribution < -0.4 is 10.6 Å². The Bertz CT molecular complexity index is 463. The van der Waals surface area contributed by atoms with E-state index in [-0.39, 0.29) is 0 Å². The van der Waals surface area contributed by atoms with Crippen LogP contribution in [-0.4, -0.2) is 37.6 Å². The summed E-state index contributed by atoms with van der Waals surface area (Å²) >= 11 is 0. The van der Waals surface area contributed by atoms with Crippen molar-refractivity contribution in [3.8, 4) is 6.07 Å². The van der Waals surface area contributed by atoms with Crippen molar-refractivity contribution in [1.82, 2.24) is 4.90 Å². The normalized spacial score (nSPS) is 21.4. The fraction of sp³-hybridized carbons (Fsp3) is 0.500. The van der Waals surface area contributed by atoms with Crippen LogP contribution in [0.2, 0.25) is 0 Å². The third-order valence-corrected chi connectivity index (χ3v) is 3.50. The summed E-state index contributed by atoms with van der Waals surface area (Å²) in [5.41, 5.74) is 8.07. The maximum atomic E-state index is 9.24. The highest BCUT2D eigenvalue weighted by atomic mass is 15.2. The number of nitrogen functional groups attached to an aromatic ring is 1. The molecule has 4 heteroatoms. The fourth-order valence-corrected chi connectivity index (χ4v) is 2.62. The van der Waals surface area contributed by atoms with E-state index in [9.17, 15) is 5.26 Å². The van der Waals surface area contributed by atoms with Crippen LogP contribution in [0, 0.1) is 11.3 Å². The molecule has 2 N–H and O–H groups in total. The van der Waals surface area contributed by atoms with Crippen LogP contribution in [0.1, 0.15) is 18.9 Å². The van der Waals surface area contributed by atoms with Crippen LogP contribution in [0.4, 0.5) is 11.4 Å². The molecule has 1 fully saturated rings. The molecule has 1 atom stereocenters. The summed E-state index contributed by atoms with van der Waals surface area (Å²) in [6, 6.07) is 8.26. The van der Waals surface area contributed by atoms with Gasteiger partial charge in [0.2, 0.25) is 0 Å². The lowest BCUT2D eigenvalue weighted by atomic mass is 10.1. The summed E-state index contributed by atoms with van der Waals surface area (Å²) in [5.74, 6) is 0. The van der Waals surface area contributed by atoms with Gasteiger partial charge in [0.05, 0.1) is 11.3 Å². The molecular formula is C14H20N4. The van der Waals surface area contributed by atoms with Crippen molar-refractivity contribution in [2.24, 2.45) is 0 Å². The molecule has 2 rings (SSSR count). The second-order valence-corrected chi connectivity index (χ2v) is 5.05. The summed E-state index contributed by atoms with van der Waals surface area (Å²) in [5, 5.41) is 9.24. The molecule has 0 radical (unpaired) electrons. The van der Waals surface area contributed by atoms with Crippen LogP contribution in [0.15, 0.2) is 18.2 Å². The predicted octanol–water partition coefficient (Wildman–Crippen LogP) is 1.67. The Morgan fingerprint density at radius 3 is 2.89 bits per heavy atom. The second kappa shape index (κ2) is 5.28. The molecule has 0 aliphatic carbocycles. The van der Waals surface area contributed by atoms with E-state index < -0.39 is 0 Å². The fourth-order valence-electron chi connectivity index (χ4n) is 2.62. The first-order valence-corrected chi connectivity index (χ1v) is 6.36. The molecule has 1 aliphatic heterocycles. The topological polar surface area (TPSA) is 56.3 Å². The van der Waals surface area contributed by atoms with Gasteiger partial charge >= 0.3 is 0 Å². The zero-order chi connectivity index (χ0) is 13.1. The molecule has 18 heavy (non-hydrogen) atoms. The van der Waals surface area contributed by atoms with Crippen molar-refractivity contribution in [3.05, 3.63) is 23.8 Å². The number of rotatable bonds is 1. The number of anilines is 2. The lowest BCUT2D eigenvalue weighted by Gasteiger charge is -2.30. The summed E-state index contributed by atoms with van der Waals surface area (Å²) in [4.78, 5) is 4.66. The highest BCUT2D eigenvalue weighted by Gasteiger charge is 2.21. The van der Waals surface area contributed by atoms with Crippen molar-refractivity contribution in [2.75, 3.05) is 37.3 Å². The molecule has 1 aromatic carbocycles. The number of nitriles is 1. The minimum Gasteiger partial charge on any atom is -0.399 e. The van der Waals surface area contributed by atoms with Gasteiger partial charge in [0.1, 0.15) is 6.07 Å². The molecule has 0 saturated carbocycles. The minimum absolute atomic E-state index is 0.410. The smallest absolute Gasteiger partial charge is 0.101 e. The lowest BCUT2D eigenvalue weighted by molar-refractivity contribution is 0.337. The Morgan fingerprint density at radius 1 is 1.39 bits per heavy atom. The molecule has 1 unspecified atom stereocenters. The van der Waals surface area contributed by atoms with Crippen molar-refractivity contribution in [2.45, 2.75) is 19.4 Å². The summed E-state index contributed by atoms with van der Waals surface area (Å²) in [7, 11) is 2.15. The van der Waals surface area contributed by atoms with Gasteiger partial charge in [0.15, 0.2) is 0 Å². The van der Waals surface area contributed by atoms with Gasteiger partial charge in [0, 0.05) is 24.8 Å². The Kier molecular flexibility index (Phi) is 3.73. The molecule has 1 aliphatic rings. The van der Waals surface area contributed by atoms with Gasteiger partial charge in [-0.2, -0.15) is 5.26 Å². The molecule has 4 nitrogen and oxygen atoms in total. The van der Waals surface area contributed by atoms with Gasteiger partial charge in [-0.15, -0.1) is 0 Å². The standard InChI is InChI=1S/C14H20N4/c1-11-10-17(2)6-3-7-18(11)14-5-4-13(16)8-12(14)9-15/h4-5,8,11H,3,6-7,10,16H2,1-2H3. The number of likely N-dealkylation sites (N-methyl/N-ethyl adjacent to an activating group) is 1. The number of benzene rings is 1. The molecular weight excluding hydrogens is 224 g/mol. The van der Waals surface area contributed by atoms with Crippen LogP contribution in [0.25, 0.3) is 0 Å². The average Bonchev–Trinajstić information content (AvgIpc) is 2.50. The van der Waals surface area contributed by atoms with Crippen LogP contribution >= 0.6 is 0 Å². The molecule has 1 saturated heterocycles. The highest BCUT2D eigenvalue weighted by molar-refractivity contribution is 5.64. The first-order valence-electron chi connectivity index (χ1n) is 6.36. The summed E-state index contributed by atoms with van der Waals surface area (Å²) in [6.45, 7) is 5.33. The van der Waals surface area contributed by atoms with Crippen LogP contribution in [0.3, 0.4) is 0 Å². The molecule has 0 bridgehead atoms. The van der Waals surface area contributed by atoms with Gasteiger partial charge in [-0.25, -0.2) is 0 Å². The van der Waals surface area contributed by atoms with Crippen molar-refractivity contribution in [3.63, 3.8) is 0 Å². The third-order valence-electron chi connectivity index (χ3n) is 3.50. The number of nitrogens with zero attached hydrogens (tertiary/aromatic N) is 3. The number of hydrogen-bond acceptors (Lipinski definition) is 4. The largest absolute Gasteiger partial charge is 0.399 e. The molecule has 0 aromatic heterocycles. The summed E-state index contributed by atoms with van der Waals surface area (Å²) < 4.78 is 0. The number of hydrogen-bond donors (Lipinski definition) is 1. The average molecular weight is 244 g/mol. The minimum atomic E-state index is 0.410. The zero-order valence-corrected chi connectivity index (χ0v) is 11.1. The summed E-state index contributed by atoms with van der Waals surface area (Å²) in [6.07, 6.45) is 1.12. The third kappa shape index (κ3) is 2.57. The van der Waals surface area contributed by atoms with Crippen LogP contribution in [-0.2, 0) is 0 Å². The first-order chi connectivity index (χ1) is 8.61. The van der Waals surface area contributed by atoms with Gasteiger partial charge < -0.3 is 15.5 Å². The van der Waals surface area contributed by atoms with Gasteiger partial charge in [0.25, 0.3) is 0 Å². The highest BCUT2D eigenvalue weighted by Crippen LogP contribution is 2.26. The Morgan fingerprint density at radius 2 is 2.17 bits per heavy atom. The van der Waals surface area contributed by atoms with E-state index in [0.717, 1.165) is 31.7 Å². The molecule has 1 heterocycles. The van der Waals surface area contributed by atoms with Gasteiger partial charge in [-0.3, -0.25) is 0 Å². The van der Waals surface area contributed by atoms with Gasteiger partial charge in [-0.1, -0.05) is 0 Å². The van der Waals surface area contributed by atoms with Crippen LogP contribution in [0.5, 0.6) is 0 Å². The van der Waals surface area contributed by atoms with E-state index in [0.29, 0.717) is 17.3 Å². The monoisotopic (exact) mass is 244 g/mol. The number of nitrogens with two attached hydrogens (primary N) is 1. The Balaban J connectivity index is 2.32. The van der Waals surface area contributed by atoms with E-state index in [2.05, 4.69) is 29.8 Å². The van der Waals surface area contributed by atoms with Crippen molar-refractivity contribution < 1.29 is 0 Å². The maximum absolute atomic E-state index is 9.24. The van der Waals surface area contributed by atoms with E-state index in [1.54, 1.807) is 6.07 Å². The Labute approximate surface area is 109 Å². The van der Waals surface area contributed by atoms with E-state index in [4.69, 9.17) is 5.73 Å². The molecule has 0 amide bonds. The first kappa shape index (κ1) is 12.7. The van der Waals surface area contributed by atoms with E-state index >= 15 is 0 Å². The SMILES string of the molecule is CC1CN(C)CCCN1c1ccc(N)cc1C#N. The molecule has 0 spiro atoms. The maximum Gasteiger partial charge on any atom is 0.101 e. The van der Waals surface area contributed by atoms with E-state index in [1.165, 1.54) is 0 Å². The lowest BCUT2D eigenvalue weighted by Crippen LogP contribution is -2.38. The predicted molar refractivity (Wildman–Crippen MR) is 74.5 cm³/mol. The quantitative estimate of drug-likeness (QED) is 0.763. The molecule has 1 aromatic rings. The Hall–Kier alpha value is -1.73. The van der Waals surface area contributed by atoms with Gasteiger partial charge in [-0.05, 0) is 45.1 Å². The van der Waals surface area contributed by atoms with E-state index in [1.807, 2.05) is 12.1 Å².